The van der Waals surface area contributed by atoms with Gasteiger partial charge in [0.1, 0.15) is 17.0 Å². The van der Waals surface area contributed by atoms with Crippen molar-refractivity contribution in [1.82, 2.24) is 19.1 Å². The van der Waals surface area contributed by atoms with Gasteiger partial charge in [-0.3, -0.25) is 0 Å². The van der Waals surface area contributed by atoms with E-state index in [-0.39, 0.29) is 16.5 Å². The average Bonchev–Trinajstić information content (AvgIpc) is 2.94. The van der Waals surface area contributed by atoms with Crippen molar-refractivity contribution in [3.63, 3.8) is 0 Å². The van der Waals surface area contributed by atoms with Gasteiger partial charge in [-0.05, 0) is 17.7 Å². The summed E-state index contributed by atoms with van der Waals surface area (Å²) in [6.45, 7) is 1.40. The number of aromatic nitrogens is 3. The van der Waals surface area contributed by atoms with Crippen molar-refractivity contribution >= 4 is 21.6 Å². The van der Waals surface area contributed by atoms with Crippen LogP contribution in [-0.2, 0) is 29.7 Å². The fourth-order valence-corrected chi connectivity index (χ4v) is 4.20. The van der Waals surface area contributed by atoms with Gasteiger partial charge in [-0.15, -0.1) is 10.2 Å². The van der Waals surface area contributed by atoms with E-state index in [1.165, 1.54) is 10.4 Å². The van der Waals surface area contributed by atoms with Gasteiger partial charge in [-0.1, -0.05) is 17.7 Å². The van der Waals surface area contributed by atoms with Gasteiger partial charge in [0.05, 0.1) is 11.6 Å². The number of fused-ring (bicyclic) bond motifs is 1. The third-order valence-electron chi connectivity index (χ3n) is 3.45. The van der Waals surface area contributed by atoms with Crippen LogP contribution in [0.25, 0.3) is 0 Å². The van der Waals surface area contributed by atoms with E-state index >= 15 is 0 Å². The molecule has 7 nitrogen and oxygen atoms in total. The number of sulfonamides is 1. The van der Waals surface area contributed by atoms with Crippen LogP contribution < -0.4 is 5.73 Å². The average molecular weight is 328 g/mol. The summed E-state index contributed by atoms with van der Waals surface area (Å²) in [6, 6.07) is 4.76. The van der Waals surface area contributed by atoms with Crippen LogP contribution in [0.2, 0.25) is 5.02 Å². The molecule has 1 aromatic heterocycles. The van der Waals surface area contributed by atoms with E-state index in [1.807, 2.05) is 4.57 Å². The molecule has 2 aromatic rings. The largest absolute Gasteiger partial charge is 0.326 e. The van der Waals surface area contributed by atoms with Crippen LogP contribution in [0.1, 0.15) is 11.4 Å². The second-order valence-electron chi connectivity index (χ2n) is 4.75. The van der Waals surface area contributed by atoms with Crippen LogP contribution >= 0.6 is 11.6 Å². The van der Waals surface area contributed by atoms with E-state index in [0.717, 1.165) is 5.56 Å². The first kappa shape index (κ1) is 14.5. The second-order valence-corrected chi connectivity index (χ2v) is 7.06. The second kappa shape index (κ2) is 5.38. The Morgan fingerprint density at radius 2 is 2.14 bits per heavy atom. The summed E-state index contributed by atoms with van der Waals surface area (Å²) >= 11 is 6.10. The monoisotopic (exact) mass is 327 g/mol. The van der Waals surface area contributed by atoms with Gasteiger partial charge >= 0.3 is 0 Å². The Hall–Kier alpha value is -1.48. The van der Waals surface area contributed by atoms with E-state index in [4.69, 9.17) is 17.3 Å². The molecular weight excluding hydrogens is 314 g/mol. The number of halogens is 1. The van der Waals surface area contributed by atoms with Crippen LogP contribution in [0, 0.1) is 0 Å². The Kier molecular flexibility index (Phi) is 3.70. The highest BCUT2D eigenvalue weighted by atomic mass is 35.5. The summed E-state index contributed by atoms with van der Waals surface area (Å²) < 4.78 is 28.6. The Balaban J connectivity index is 1.95. The molecule has 0 unspecified atom stereocenters. The van der Waals surface area contributed by atoms with Crippen LogP contribution in [0.15, 0.2) is 29.4 Å². The lowest BCUT2D eigenvalue weighted by molar-refractivity contribution is 0.335. The molecular formula is C12H14ClN5O2S. The van der Waals surface area contributed by atoms with Gasteiger partial charge in [-0.2, -0.15) is 4.31 Å². The normalized spacial score (nSPS) is 15.9. The zero-order chi connectivity index (χ0) is 15.0. The summed E-state index contributed by atoms with van der Waals surface area (Å²) in [5.74, 6) is 0.625. The first-order chi connectivity index (χ1) is 10.0. The van der Waals surface area contributed by atoms with Crippen molar-refractivity contribution in [3.05, 3.63) is 40.9 Å². The Bertz CT molecular complexity index is 774. The van der Waals surface area contributed by atoms with Crippen LogP contribution in [0.3, 0.4) is 0 Å². The highest BCUT2D eigenvalue weighted by molar-refractivity contribution is 7.89. The lowest BCUT2D eigenvalue weighted by atomic mass is 10.2. The van der Waals surface area contributed by atoms with E-state index in [0.29, 0.717) is 25.5 Å². The number of benzene rings is 1. The zero-order valence-electron chi connectivity index (χ0n) is 11.1. The third-order valence-corrected chi connectivity index (χ3v) is 5.78. The Morgan fingerprint density at radius 3 is 2.86 bits per heavy atom. The van der Waals surface area contributed by atoms with Crippen molar-refractivity contribution in [1.29, 1.82) is 0 Å². The number of nitrogens with two attached hydrogens (primary N) is 1. The smallest absolute Gasteiger partial charge is 0.245 e. The first-order valence-corrected chi connectivity index (χ1v) is 8.19. The minimum atomic E-state index is -3.66. The van der Waals surface area contributed by atoms with Crippen molar-refractivity contribution in [3.8, 4) is 0 Å². The SMILES string of the molecule is NCc1ccc(S(=O)(=O)N2CCn3cnnc3C2)c(Cl)c1. The summed E-state index contributed by atoms with van der Waals surface area (Å²) in [5.41, 5.74) is 6.31. The molecule has 21 heavy (non-hydrogen) atoms. The number of nitrogens with zero attached hydrogens (tertiary/aromatic N) is 4. The topological polar surface area (TPSA) is 94.1 Å². The van der Waals surface area contributed by atoms with Gasteiger partial charge < -0.3 is 10.3 Å². The molecule has 0 saturated carbocycles. The maximum absolute atomic E-state index is 12.7. The predicted molar refractivity (Wildman–Crippen MR) is 77.0 cm³/mol. The molecule has 1 aliphatic rings. The zero-order valence-corrected chi connectivity index (χ0v) is 12.7. The molecule has 0 saturated heterocycles. The fraction of sp³-hybridized carbons (Fsp3) is 0.333. The molecule has 0 spiro atoms. The lowest BCUT2D eigenvalue weighted by Crippen LogP contribution is -2.38. The molecule has 0 amide bonds. The van der Waals surface area contributed by atoms with Gasteiger partial charge in [0.2, 0.25) is 10.0 Å². The molecule has 0 aliphatic carbocycles. The molecule has 3 rings (SSSR count). The Labute approximate surface area is 127 Å². The molecule has 9 heteroatoms. The third kappa shape index (κ3) is 2.55. The fourth-order valence-electron chi connectivity index (χ4n) is 2.27. The Morgan fingerprint density at radius 1 is 1.33 bits per heavy atom. The molecule has 0 radical (unpaired) electrons. The highest BCUT2D eigenvalue weighted by Crippen LogP contribution is 2.27. The molecule has 0 fully saturated rings. The van der Waals surface area contributed by atoms with E-state index in [9.17, 15) is 8.42 Å². The van der Waals surface area contributed by atoms with Crippen molar-refractivity contribution in [2.45, 2.75) is 24.5 Å². The molecule has 0 bridgehead atoms. The molecule has 2 N–H and O–H groups in total. The van der Waals surface area contributed by atoms with Crippen LogP contribution in [-0.4, -0.2) is 34.0 Å². The van der Waals surface area contributed by atoms with E-state index < -0.39 is 10.0 Å². The van der Waals surface area contributed by atoms with Gasteiger partial charge in [0.15, 0.2) is 0 Å². The minimum absolute atomic E-state index is 0.0920. The molecule has 0 atom stereocenters. The predicted octanol–water partition coefficient (Wildman–Crippen LogP) is 0.595. The molecule has 2 heterocycles. The van der Waals surface area contributed by atoms with Crippen LogP contribution in [0.5, 0.6) is 0 Å². The van der Waals surface area contributed by atoms with E-state index in [2.05, 4.69) is 10.2 Å². The number of hydrogen-bond acceptors (Lipinski definition) is 5. The van der Waals surface area contributed by atoms with Crippen LogP contribution in [0.4, 0.5) is 0 Å². The number of hydrogen-bond donors (Lipinski definition) is 1. The van der Waals surface area contributed by atoms with Gasteiger partial charge in [-0.25, -0.2) is 8.42 Å². The van der Waals surface area contributed by atoms with Crippen molar-refractivity contribution in [2.75, 3.05) is 6.54 Å². The first-order valence-electron chi connectivity index (χ1n) is 6.37. The van der Waals surface area contributed by atoms with Gasteiger partial charge in [0, 0.05) is 19.6 Å². The molecule has 1 aromatic carbocycles. The standard InChI is InChI=1S/C12H14ClN5O2S/c13-10-5-9(6-14)1-2-11(10)21(19,20)18-4-3-17-8-15-16-12(17)7-18/h1-2,5,8H,3-4,6-7,14H2. The van der Waals surface area contributed by atoms with E-state index in [1.54, 1.807) is 18.5 Å². The summed E-state index contributed by atoms with van der Waals surface area (Å²) in [4.78, 5) is 0.0920. The lowest BCUT2D eigenvalue weighted by Gasteiger charge is -2.26. The van der Waals surface area contributed by atoms with Crippen molar-refractivity contribution in [2.24, 2.45) is 5.73 Å². The summed E-state index contributed by atoms with van der Waals surface area (Å²) in [5, 5.41) is 7.89. The highest BCUT2D eigenvalue weighted by Gasteiger charge is 2.30. The molecule has 1 aliphatic heterocycles. The maximum Gasteiger partial charge on any atom is 0.245 e. The molecule has 112 valence electrons. The minimum Gasteiger partial charge on any atom is -0.326 e. The van der Waals surface area contributed by atoms with Crippen molar-refractivity contribution < 1.29 is 8.42 Å². The quantitative estimate of drug-likeness (QED) is 0.890. The summed E-state index contributed by atoms with van der Waals surface area (Å²) in [7, 11) is -3.66. The van der Waals surface area contributed by atoms with Gasteiger partial charge in [0.25, 0.3) is 0 Å². The maximum atomic E-state index is 12.7. The summed E-state index contributed by atoms with van der Waals surface area (Å²) in [6.07, 6.45) is 1.60. The number of rotatable bonds is 3.